The van der Waals surface area contributed by atoms with Crippen LogP contribution in [0.15, 0.2) is 243 Å². The largest absolute Gasteiger partial charge is 0.254 e. The van der Waals surface area contributed by atoms with Crippen LogP contribution in [0.25, 0.3) is 131 Å². The molecular weight excluding hydrogens is 829 g/mol. The molecule has 2 nitrogen and oxygen atoms in total. The number of hydrogen-bond acceptors (Lipinski definition) is 3. The van der Waals surface area contributed by atoms with Gasteiger partial charge < -0.3 is 0 Å². The molecule has 3 aromatic heterocycles. The highest BCUT2D eigenvalue weighted by Gasteiger charge is 2.27. The second-order valence-electron chi connectivity index (χ2n) is 17.1. The minimum atomic E-state index is 0.920. The number of nitrogens with zero attached hydrogens (tertiary/aromatic N) is 2. The van der Waals surface area contributed by atoms with Crippen molar-refractivity contribution in [1.29, 1.82) is 0 Å². The lowest BCUT2D eigenvalue weighted by Crippen LogP contribution is -1.92. The first-order valence-electron chi connectivity index (χ1n) is 22.8. The molecule has 0 atom stereocenters. The molecule has 0 N–H and O–H groups in total. The zero-order valence-corrected chi connectivity index (χ0v) is 37.2. The molecule has 0 aliphatic carbocycles. The van der Waals surface area contributed by atoms with Gasteiger partial charge in [-0.2, -0.15) is 0 Å². The summed E-state index contributed by atoms with van der Waals surface area (Å²) in [6.07, 6.45) is 1.85. The van der Waals surface area contributed by atoms with Crippen LogP contribution in [0.5, 0.6) is 0 Å². The fraction of sp³-hybridized carbons (Fsp3) is 0. The summed E-state index contributed by atoms with van der Waals surface area (Å²) in [6.45, 7) is 0. The molecule has 0 saturated heterocycles. The Hall–Kier alpha value is -8.50. The van der Waals surface area contributed by atoms with Crippen LogP contribution in [0.4, 0.5) is 0 Å². The Balaban J connectivity index is 1.05. The third kappa shape index (κ3) is 6.55. The highest BCUT2D eigenvalue weighted by Crippen LogP contribution is 2.56. The van der Waals surface area contributed by atoms with Crippen molar-refractivity contribution in [2.24, 2.45) is 0 Å². The lowest BCUT2D eigenvalue weighted by atomic mass is 9.85. The third-order valence-electron chi connectivity index (χ3n) is 13.3. The van der Waals surface area contributed by atoms with Gasteiger partial charge in [0.05, 0.1) is 16.7 Å². The Bertz CT molecular complexity index is 3970. The average Bonchev–Trinajstić information content (AvgIpc) is 3.80. The maximum atomic E-state index is 5.28. The third-order valence-corrected chi connectivity index (χ3v) is 14.6. The zero-order valence-electron chi connectivity index (χ0n) is 36.4. The Morgan fingerprint density at radius 3 is 1.42 bits per heavy atom. The Labute approximate surface area is 392 Å². The predicted octanol–water partition coefficient (Wildman–Crippen LogP) is 18.0. The second-order valence-corrected chi connectivity index (χ2v) is 18.2. The van der Waals surface area contributed by atoms with E-state index in [0.29, 0.717) is 0 Å². The molecule has 0 aliphatic rings. The Kier molecular flexibility index (Phi) is 9.40. The van der Waals surface area contributed by atoms with Crippen molar-refractivity contribution in [2.75, 3.05) is 0 Å². The van der Waals surface area contributed by atoms with Crippen molar-refractivity contribution in [1.82, 2.24) is 9.97 Å². The van der Waals surface area contributed by atoms with Gasteiger partial charge in [-0.1, -0.05) is 218 Å². The molecule has 3 heterocycles. The van der Waals surface area contributed by atoms with E-state index < -0.39 is 0 Å². The number of fused-ring (bicyclic) bond motifs is 6. The summed E-state index contributed by atoms with van der Waals surface area (Å²) < 4.78 is 0. The first kappa shape index (κ1) is 38.9. The molecule has 13 aromatic rings. The van der Waals surface area contributed by atoms with Gasteiger partial charge in [-0.3, -0.25) is 4.98 Å². The van der Waals surface area contributed by atoms with Gasteiger partial charge in [0.1, 0.15) is 0 Å². The van der Waals surface area contributed by atoms with Crippen LogP contribution in [-0.2, 0) is 0 Å². The van der Waals surface area contributed by atoms with Crippen LogP contribution in [0.1, 0.15) is 0 Å². The summed E-state index contributed by atoms with van der Waals surface area (Å²) in [7, 11) is 0. The van der Waals surface area contributed by atoms with Crippen LogP contribution in [-0.4, -0.2) is 9.97 Å². The van der Waals surface area contributed by atoms with Crippen LogP contribution in [0.3, 0.4) is 0 Å². The fourth-order valence-electron chi connectivity index (χ4n) is 10.3. The van der Waals surface area contributed by atoms with Crippen LogP contribution in [0, 0.1) is 0 Å². The van der Waals surface area contributed by atoms with Crippen molar-refractivity contribution < 1.29 is 0 Å². The molecule has 13 rings (SSSR count). The van der Waals surface area contributed by atoms with Crippen molar-refractivity contribution in [2.45, 2.75) is 0 Å². The van der Waals surface area contributed by atoms with Gasteiger partial charge >= 0.3 is 0 Å². The normalized spacial score (nSPS) is 11.6. The number of rotatable bonds is 7. The van der Waals surface area contributed by atoms with E-state index in [0.717, 1.165) is 44.0 Å². The van der Waals surface area contributed by atoms with Crippen molar-refractivity contribution in [3.05, 3.63) is 243 Å². The lowest BCUT2D eigenvalue weighted by Gasteiger charge is -2.18. The van der Waals surface area contributed by atoms with Gasteiger partial charge in [0, 0.05) is 49.0 Å². The molecule has 0 fully saturated rings. The molecule has 0 unspecified atom stereocenters. The van der Waals surface area contributed by atoms with Crippen molar-refractivity contribution in [3.63, 3.8) is 0 Å². The van der Waals surface area contributed by atoms with Gasteiger partial charge in [-0.25, -0.2) is 4.98 Å². The highest BCUT2D eigenvalue weighted by atomic mass is 32.1. The van der Waals surface area contributed by atoms with Crippen LogP contribution >= 0.6 is 11.3 Å². The minimum Gasteiger partial charge on any atom is -0.254 e. The topological polar surface area (TPSA) is 25.8 Å². The molecular formula is C64H40N2S. The summed E-state index contributed by atoms with van der Waals surface area (Å²) in [5.74, 6) is 0. The smallest absolute Gasteiger partial charge is 0.0972 e. The number of benzene rings is 10. The van der Waals surface area contributed by atoms with E-state index in [-0.39, 0.29) is 0 Å². The summed E-state index contributed by atoms with van der Waals surface area (Å²) in [4.78, 5) is 12.5. The monoisotopic (exact) mass is 868 g/mol. The summed E-state index contributed by atoms with van der Waals surface area (Å²) >= 11 is 1.91. The molecule has 0 bridgehead atoms. The molecule has 0 saturated carbocycles. The van der Waals surface area contributed by atoms with E-state index in [1.165, 1.54) is 86.8 Å². The Morgan fingerprint density at radius 1 is 0.284 bits per heavy atom. The van der Waals surface area contributed by atoms with Crippen molar-refractivity contribution in [3.8, 4) is 76.6 Å². The molecule has 312 valence electrons. The molecule has 3 heteroatoms. The SMILES string of the molecule is c1ccc(-c2sc(-c3c4ccccc4c(-c4ccccc4)c4ccccc34)c(-c3ccccc3)c2-c2cccc(-c3ccc(-c4ccc5ccc6cccnc6c5n4)c4ccccc34)c2)cc1. The quantitative estimate of drug-likeness (QED) is 0.118. The van der Waals surface area contributed by atoms with Gasteiger partial charge in [0.15, 0.2) is 0 Å². The first-order valence-corrected chi connectivity index (χ1v) is 23.6. The van der Waals surface area contributed by atoms with Gasteiger partial charge in [0.2, 0.25) is 0 Å². The number of aromatic nitrogens is 2. The highest BCUT2D eigenvalue weighted by molar-refractivity contribution is 7.20. The van der Waals surface area contributed by atoms with E-state index in [1.54, 1.807) is 0 Å². The van der Waals surface area contributed by atoms with Crippen LogP contribution < -0.4 is 0 Å². The van der Waals surface area contributed by atoms with Gasteiger partial charge in [0.25, 0.3) is 0 Å². The first-order chi connectivity index (χ1) is 33.3. The Morgan fingerprint density at radius 2 is 0.761 bits per heavy atom. The van der Waals surface area contributed by atoms with Gasteiger partial charge in [-0.05, 0) is 89.5 Å². The van der Waals surface area contributed by atoms with Crippen molar-refractivity contribution >= 4 is 65.5 Å². The average molecular weight is 869 g/mol. The minimum absolute atomic E-state index is 0.920. The fourth-order valence-corrected chi connectivity index (χ4v) is 11.8. The molecule has 10 aromatic carbocycles. The van der Waals surface area contributed by atoms with E-state index in [9.17, 15) is 0 Å². The zero-order chi connectivity index (χ0) is 44.3. The molecule has 0 spiro atoms. The molecule has 0 amide bonds. The lowest BCUT2D eigenvalue weighted by molar-refractivity contribution is 1.37. The maximum absolute atomic E-state index is 5.28. The number of hydrogen-bond donors (Lipinski definition) is 0. The summed E-state index contributed by atoms with van der Waals surface area (Å²) in [6, 6.07) is 86.0. The molecule has 0 aliphatic heterocycles. The van der Waals surface area contributed by atoms with E-state index >= 15 is 0 Å². The molecule has 0 radical (unpaired) electrons. The summed E-state index contributed by atoms with van der Waals surface area (Å²) in [5.41, 5.74) is 16.0. The van der Waals surface area contributed by atoms with Gasteiger partial charge in [-0.15, -0.1) is 11.3 Å². The standard InChI is InChI=1S/C64H40N2S/c1-4-18-41(19-5-1)57-52-29-12-14-31-54(52)60(55-32-15-13-30-53(55)57)64-58(42-20-6-2-7-21-42)59(63(67-64)45-22-8-3-9-23-45)47-25-16-24-46(40-47)48-36-37-51(50-28-11-10-27-49(48)50)56-38-35-44-34-33-43-26-17-39-65-61(43)62(44)66-56/h1-40H. The number of thiophene rings is 1. The molecule has 67 heavy (non-hydrogen) atoms. The maximum Gasteiger partial charge on any atom is 0.0972 e. The van der Waals surface area contributed by atoms with E-state index in [4.69, 9.17) is 9.97 Å². The predicted molar refractivity (Wildman–Crippen MR) is 285 cm³/mol. The van der Waals surface area contributed by atoms with Crippen LogP contribution in [0.2, 0.25) is 0 Å². The summed E-state index contributed by atoms with van der Waals surface area (Å²) in [5, 5.41) is 9.51. The number of pyridine rings is 2. The van der Waals surface area contributed by atoms with E-state index in [1.807, 2.05) is 23.6 Å². The van der Waals surface area contributed by atoms with E-state index in [2.05, 4.69) is 231 Å². The second kappa shape index (κ2) is 16.2.